The third-order valence-corrected chi connectivity index (χ3v) is 4.78. The first-order valence-electron chi connectivity index (χ1n) is 7.54. The predicted octanol–water partition coefficient (Wildman–Crippen LogP) is 4.88. The van der Waals surface area contributed by atoms with Gasteiger partial charge in [0.1, 0.15) is 0 Å². The average molecular weight is 398 g/mol. The number of thiophene rings is 1. The molecule has 0 saturated heterocycles. The van der Waals surface area contributed by atoms with E-state index in [0.29, 0.717) is 10.0 Å². The molecule has 132 valence electrons. The molecule has 2 aromatic rings. The second-order valence-corrected chi connectivity index (χ2v) is 7.15. The lowest BCUT2D eigenvalue weighted by molar-refractivity contribution is -0.150. The van der Waals surface area contributed by atoms with E-state index in [-0.39, 0.29) is 6.04 Å². The van der Waals surface area contributed by atoms with E-state index in [1.165, 1.54) is 24.3 Å². The minimum Gasteiger partial charge on any atom is -0.449 e. The molecule has 0 spiro atoms. The van der Waals surface area contributed by atoms with E-state index in [0.717, 1.165) is 10.4 Å². The van der Waals surface area contributed by atoms with Crippen molar-refractivity contribution in [2.75, 3.05) is 0 Å². The van der Waals surface area contributed by atoms with Gasteiger partial charge in [-0.05, 0) is 49.1 Å². The zero-order valence-electron chi connectivity index (χ0n) is 13.7. The fourth-order valence-electron chi connectivity index (χ4n) is 2.06. The number of benzene rings is 1. The van der Waals surface area contributed by atoms with Crippen LogP contribution in [0.5, 0.6) is 0 Å². The van der Waals surface area contributed by atoms with Crippen LogP contribution in [0.2, 0.25) is 10.0 Å². The first kappa shape index (κ1) is 19.5. The van der Waals surface area contributed by atoms with Gasteiger partial charge in [-0.15, -0.1) is 11.3 Å². The highest BCUT2D eigenvalue weighted by molar-refractivity contribution is 7.10. The van der Waals surface area contributed by atoms with Crippen molar-refractivity contribution >= 4 is 52.5 Å². The Hall–Kier alpha value is -1.82. The zero-order valence-corrected chi connectivity index (χ0v) is 16.0. The SMILES string of the molecule is C[C@H](OC(=O)/C=C/c1cccs1)C(=O)N[C@H](C)c1ccc(Cl)cc1Cl. The molecule has 25 heavy (non-hydrogen) atoms. The number of hydrogen-bond acceptors (Lipinski definition) is 4. The normalized spacial score (nSPS) is 13.4. The number of amides is 1. The minimum absolute atomic E-state index is 0.347. The second kappa shape index (κ2) is 9.04. The zero-order chi connectivity index (χ0) is 18.4. The van der Waals surface area contributed by atoms with Crippen molar-refractivity contribution in [1.82, 2.24) is 5.32 Å². The van der Waals surface area contributed by atoms with Crippen LogP contribution in [0.4, 0.5) is 0 Å². The molecule has 0 aliphatic heterocycles. The predicted molar refractivity (Wildman–Crippen MR) is 102 cm³/mol. The Morgan fingerprint density at radius 1 is 1.24 bits per heavy atom. The van der Waals surface area contributed by atoms with Crippen LogP contribution in [-0.4, -0.2) is 18.0 Å². The molecule has 0 radical (unpaired) electrons. The highest BCUT2D eigenvalue weighted by atomic mass is 35.5. The van der Waals surface area contributed by atoms with Crippen molar-refractivity contribution in [3.63, 3.8) is 0 Å². The van der Waals surface area contributed by atoms with Gasteiger partial charge >= 0.3 is 5.97 Å². The Morgan fingerprint density at radius 3 is 2.64 bits per heavy atom. The molecule has 2 rings (SSSR count). The van der Waals surface area contributed by atoms with Crippen molar-refractivity contribution in [3.8, 4) is 0 Å². The number of esters is 1. The van der Waals surface area contributed by atoms with Gasteiger partial charge in [0.25, 0.3) is 5.91 Å². The third kappa shape index (κ3) is 5.88. The molecule has 4 nitrogen and oxygen atoms in total. The molecule has 0 fully saturated rings. The number of ether oxygens (including phenoxy) is 1. The van der Waals surface area contributed by atoms with Crippen LogP contribution in [0.25, 0.3) is 6.08 Å². The van der Waals surface area contributed by atoms with Crippen molar-refractivity contribution in [3.05, 3.63) is 62.3 Å². The maximum absolute atomic E-state index is 12.2. The van der Waals surface area contributed by atoms with Crippen LogP contribution < -0.4 is 5.32 Å². The van der Waals surface area contributed by atoms with Gasteiger partial charge in [0.05, 0.1) is 6.04 Å². The van der Waals surface area contributed by atoms with E-state index in [1.54, 1.807) is 31.2 Å². The Bertz CT molecular complexity index is 775. The van der Waals surface area contributed by atoms with E-state index in [4.69, 9.17) is 27.9 Å². The molecule has 1 heterocycles. The topological polar surface area (TPSA) is 55.4 Å². The van der Waals surface area contributed by atoms with Gasteiger partial charge in [-0.1, -0.05) is 35.3 Å². The number of nitrogens with one attached hydrogen (secondary N) is 1. The maximum atomic E-state index is 12.2. The molecule has 1 amide bonds. The summed E-state index contributed by atoms with van der Waals surface area (Å²) in [6.07, 6.45) is 2.03. The largest absolute Gasteiger partial charge is 0.449 e. The first-order chi connectivity index (χ1) is 11.9. The summed E-state index contributed by atoms with van der Waals surface area (Å²) in [4.78, 5) is 24.9. The van der Waals surface area contributed by atoms with Crippen molar-refractivity contribution in [2.45, 2.75) is 26.0 Å². The fourth-order valence-corrected chi connectivity index (χ4v) is 3.25. The summed E-state index contributed by atoms with van der Waals surface area (Å²) >= 11 is 13.5. The van der Waals surface area contributed by atoms with E-state index in [2.05, 4.69) is 5.32 Å². The summed E-state index contributed by atoms with van der Waals surface area (Å²) in [5.41, 5.74) is 0.732. The Morgan fingerprint density at radius 2 is 2.00 bits per heavy atom. The summed E-state index contributed by atoms with van der Waals surface area (Å²) in [6.45, 7) is 3.31. The van der Waals surface area contributed by atoms with Crippen LogP contribution in [0.1, 0.15) is 30.3 Å². The Balaban J connectivity index is 1.89. The van der Waals surface area contributed by atoms with Crippen LogP contribution in [0, 0.1) is 0 Å². The molecule has 7 heteroatoms. The molecule has 0 unspecified atom stereocenters. The van der Waals surface area contributed by atoms with E-state index >= 15 is 0 Å². The minimum atomic E-state index is -0.922. The van der Waals surface area contributed by atoms with Gasteiger partial charge < -0.3 is 10.1 Å². The van der Waals surface area contributed by atoms with Gasteiger partial charge in [0, 0.05) is 21.0 Å². The lowest BCUT2D eigenvalue weighted by atomic mass is 10.1. The van der Waals surface area contributed by atoms with E-state index < -0.39 is 18.0 Å². The summed E-state index contributed by atoms with van der Waals surface area (Å²) < 4.78 is 5.11. The molecule has 0 bridgehead atoms. The smallest absolute Gasteiger partial charge is 0.331 e. The quantitative estimate of drug-likeness (QED) is 0.558. The molecule has 1 aromatic carbocycles. The third-order valence-electron chi connectivity index (χ3n) is 3.38. The second-order valence-electron chi connectivity index (χ2n) is 5.32. The van der Waals surface area contributed by atoms with Crippen molar-refractivity contribution < 1.29 is 14.3 Å². The molecular weight excluding hydrogens is 381 g/mol. The summed E-state index contributed by atoms with van der Waals surface area (Å²) in [7, 11) is 0. The molecule has 0 saturated carbocycles. The van der Waals surface area contributed by atoms with Crippen molar-refractivity contribution in [2.24, 2.45) is 0 Å². The molecule has 0 aliphatic carbocycles. The van der Waals surface area contributed by atoms with Gasteiger partial charge in [-0.3, -0.25) is 4.79 Å². The number of carbonyl (C=O) groups is 2. The number of carbonyl (C=O) groups excluding carboxylic acids is 2. The van der Waals surface area contributed by atoms with Crippen LogP contribution in [0.15, 0.2) is 41.8 Å². The number of halogens is 2. The lowest BCUT2D eigenvalue weighted by Gasteiger charge is -2.19. The molecule has 0 aliphatic rings. The average Bonchev–Trinajstić information content (AvgIpc) is 3.06. The molecular formula is C18H17Cl2NO3S. The highest BCUT2D eigenvalue weighted by Gasteiger charge is 2.20. The van der Waals surface area contributed by atoms with Crippen LogP contribution in [-0.2, 0) is 14.3 Å². The Labute approximate surface area is 160 Å². The van der Waals surface area contributed by atoms with Crippen LogP contribution >= 0.6 is 34.5 Å². The monoisotopic (exact) mass is 397 g/mol. The van der Waals surface area contributed by atoms with Gasteiger partial charge in [0.15, 0.2) is 6.10 Å². The van der Waals surface area contributed by atoms with E-state index in [9.17, 15) is 9.59 Å². The Kier molecular flexibility index (Phi) is 7.05. The standard InChI is InChI=1S/C18H17Cl2NO3S/c1-11(15-7-5-13(19)10-16(15)20)21-18(23)12(2)24-17(22)8-6-14-4-3-9-25-14/h3-12H,1-2H3,(H,21,23)/b8-6+/t11-,12+/m1/s1. The highest BCUT2D eigenvalue weighted by Crippen LogP contribution is 2.26. The van der Waals surface area contributed by atoms with Gasteiger partial charge in [-0.2, -0.15) is 0 Å². The summed E-state index contributed by atoms with van der Waals surface area (Å²) in [5.74, 6) is -0.982. The molecule has 1 aromatic heterocycles. The van der Waals surface area contributed by atoms with Crippen LogP contribution in [0.3, 0.4) is 0 Å². The van der Waals surface area contributed by atoms with Gasteiger partial charge in [-0.25, -0.2) is 4.79 Å². The summed E-state index contributed by atoms with van der Waals surface area (Å²) in [5, 5.41) is 5.65. The maximum Gasteiger partial charge on any atom is 0.331 e. The van der Waals surface area contributed by atoms with E-state index in [1.807, 2.05) is 17.5 Å². The molecule has 1 N–H and O–H groups in total. The summed E-state index contributed by atoms with van der Waals surface area (Å²) in [6, 6.07) is 8.47. The van der Waals surface area contributed by atoms with Crippen molar-refractivity contribution in [1.29, 1.82) is 0 Å². The lowest BCUT2D eigenvalue weighted by Crippen LogP contribution is -2.37. The number of rotatable bonds is 6. The fraction of sp³-hybridized carbons (Fsp3) is 0.222. The number of hydrogen-bond donors (Lipinski definition) is 1. The van der Waals surface area contributed by atoms with Gasteiger partial charge in [0.2, 0.25) is 0 Å². The molecule has 2 atom stereocenters. The first-order valence-corrected chi connectivity index (χ1v) is 9.18.